The van der Waals surface area contributed by atoms with Crippen molar-refractivity contribution in [3.8, 4) is 11.4 Å². The van der Waals surface area contributed by atoms with Gasteiger partial charge in [-0.05, 0) is 37.4 Å². The fourth-order valence-corrected chi connectivity index (χ4v) is 2.48. The van der Waals surface area contributed by atoms with Crippen LogP contribution in [-0.2, 0) is 12.8 Å². The highest BCUT2D eigenvalue weighted by atomic mass is 35.5. The first kappa shape index (κ1) is 15.0. The fourth-order valence-electron chi connectivity index (χ4n) is 2.48. The molecule has 1 unspecified atom stereocenters. The molecule has 108 valence electrons. The van der Waals surface area contributed by atoms with Crippen LogP contribution in [0.3, 0.4) is 0 Å². The summed E-state index contributed by atoms with van der Waals surface area (Å²) in [5.74, 6) is 2.09. The molecule has 2 aromatic rings. The Hall–Kier alpha value is -1.39. The second-order valence-electron chi connectivity index (χ2n) is 5.13. The number of nitrogens with one attached hydrogen (secondary N) is 1. The summed E-state index contributed by atoms with van der Waals surface area (Å²) in [7, 11) is 0. The number of benzene rings is 1. The van der Waals surface area contributed by atoms with Crippen LogP contribution in [-0.4, -0.2) is 23.2 Å². The van der Waals surface area contributed by atoms with E-state index in [4.69, 9.17) is 4.52 Å². The molecule has 5 heteroatoms. The van der Waals surface area contributed by atoms with E-state index in [9.17, 15) is 0 Å². The standard InChI is InChI=1S/C15H19N3O.ClH/c1-2-11-3-5-13(6-4-11)15-17-14(19-18-15)9-12-7-8-16-10-12;/h3-6,12,16H,2,7-10H2,1H3;1H. The first-order valence-electron chi connectivity index (χ1n) is 6.97. The van der Waals surface area contributed by atoms with Gasteiger partial charge in [0, 0.05) is 12.0 Å². The van der Waals surface area contributed by atoms with Crippen molar-refractivity contribution in [2.45, 2.75) is 26.2 Å². The van der Waals surface area contributed by atoms with Crippen LogP contribution in [0, 0.1) is 5.92 Å². The average Bonchev–Trinajstić information content (AvgIpc) is 3.11. The largest absolute Gasteiger partial charge is 0.339 e. The minimum atomic E-state index is 0. The number of aromatic nitrogens is 2. The molecule has 1 aromatic heterocycles. The molecule has 1 fully saturated rings. The van der Waals surface area contributed by atoms with Crippen molar-refractivity contribution in [2.75, 3.05) is 13.1 Å². The van der Waals surface area contributed by atoms with Gasteiger partial charge in [0.2, 0.25) is 11.7 Å². The second-order valence-corrected chi connectivity index (χ2v) is 5.13. The normalized spacial score (nSPS) is 17.9. The van der Waals surface area contributed by atoms with Gasteiger partial charge >= 0.3 is 0 Å². The first-order valence-corrected chi connectivity index (χ1v) is 6.97. The smallest absolute Gasteiger partial charge is 0.227 e. The van der Waals surface area contributed by atoms with Crippen molar-refractivity contribution in [1.29, 1.82) is 0 Å². The van der Waals surface area contributed by atoms with E-state index >= 15 is 0 Å². The summed E-state index contributed by atoms with van der Waals surface area (Å²) in [6.07, 6.45) is 3.13. The molecule has 3 rings (SSSR count). The Morgan fingerprint density at radius 1 is 1.30 bits per heavy atom. The first-order chi connectivity index (χ1) is 9.35. The molecule has 1 aliphatic rings. The van der Waals surface area contributed by atoms with Crippen molar-refractivity contribution in [1.82, 2.24) is 15.5 Å². The highest BCUT2D eigenvalue weighted by molar-refractivity contribution is 5.85. The predicted octanol–water partition coefficient (Wildman–Crippen LogP) is 2.87. The molecule has 1 aromatic carbocycles. The lowest BCUT2D eigenvalue weighted by atomic mass is 10.1. The van der Waals surface area contributed by atoms with E-state index in [-0.39, 0.29) is 12.4 Å². The molecule has 1 atom stereocenters. The summed E-state index contributed by atoms with van der Waals surface area (Å²) >= 11 is 0. The van der Waals surface area contributed by atoms with E-state index < -0.39 is 0 Å². The van der Waals surface area contributed by atoms with E-state index in [2.05, 4.69) is 46.6 Å². The van der Waals surface area contributed by atoms with Crippen LogP contribution in [0.2, 0.25) is 0 Å². The highest BCUT2D eigenvalue weighted by Crippen LogP contribution is 2.19. The second kappa shape index (κ2) is 6.86. The van der Waals surface area contributed by atoms with E-state index in [0.29, 0.717) is 11.7 Å². The Bertz CT molecular complexity index is 532. The lowest BCUT2D eigenvalue weighted by molar-refractivity contribution is 0.358. The van der Waals surface area contributed by atoms with Gasteiger partial charge < -0.3 is 9.84 Å². The molecule has 4 nitrogen and oxygen atoms in total. The zero-order valence-corrected chi connectivity index (χ0v) is 12.4. The maximum absolute atomic E-state index is 5.35. The maximum Gasteiger partial charge on any atom is 0.227 e. The fraction of sp³-hybridized carbons (Fsp3) is 0.467. The van der Waals surface area contributed by atoms with E-state index in [1.54, 1.807) is 0 Å². The number of aryl methyl sites for hydroxylation is 1. The van der Waals surface area contributed by atoms with E-state index in [1.165, 1.54) is 12.0 Å². The Morgan fingerprint density at radius 3 is 2.75 bits per heavy atom. The third-order valence-corrected chi connectivity index (χ3v) is 3.71. The average molecular weight is 294 g/mol. The van der Waals surface area contributed by atoms with E-state index in [0.717, 1.165) is 37.4 Å². The number of halogens is 1. The number of rotatable bonds is 4. The topological polar surface area (TPSA) is 51.0 Å². The highest BCUT2D eigenvalue weighted by Gasteiger charge is 2.18. The van der Waals surface area contributed by atoms with Gasteiger partial charge in [0.1, 0.15) is 0 Å². The van der Waals surface area contributed by atoms with Gasteiger partial charge in [0.25, 0.3) is 0 Å². The van der Waals surface area contributed by atoms with Gasteiger partial charge in [-0.25, -0.2) is 0 Å². The molecule has 1 N–H and O–H groups in total. The summed E-state index contributed by atoms with van der Waals surface area (Å²) in [4.78, 5) is 4.49. The van der Waals surface area contributed by atoms with Crippen LogP contribution in [0.5, 0.6) is 0 Å². The number of hydrogen-bond donors (Lipinski definition) is 1. The Kier molecular flexibility index (Phi) is 5.15. The molecular weight excluding hydrogens is 274 g/mol. The van der Waals surface area contributed by atoms with E-state index in [1.807, 2.05) is 0 Å². The summed E-state index contributed by atoms with van der Waals surface area (Å²) in [5, 5.41) is 7.43. The van der Waals surface area contributed by atoms with Crippen molar-refractivity contribution < 1.29 is 4.52 Å². The van der Waals surface area contributed by atoms with Gasteiger partial charge in [0.05, 0.1) is 0 Å². The summed E-state index contributed by atoms with van der Waals surface area (Å²) < 4.78 is 5.35. The molecule has 0 saturated carbocycles. The Balaban J connectivity index is 0.00000147. The van der Waals surface area contributed by atoms with Crippen LogP contribution < -0.4 is 5.32 Å². The third-order valence-electron chi connectivity index (χ3n) is 3.71. The molecule has 2 heterocycles. The molecule has 1 saturated heterocycles. The van der Waals surface area contributed by atoms with Crippen LogP contribution in [0.1, 0.15) is 24.8 Å². The Labute approximate surface area is 125 Å². The molecule has 20 heavy (non-hydrogen) atoms. The summed E-state index contributed by atoms with van der Waals surface area (Å²) in [5.41, 5.74) is 2.35. The number of hydrogen-bond acceptors (Lipinski definition) is 4. The van der Waals surface area contributed by atoms with Crippen molar-refractivity contribution in [2.24, 2.45) is 5.92 Å². The maximum atomic E-state index is 5.35. The van der Waals surface area contributed by atoms with Crippen LogP contribution in [0.25, 0.3) is 11.4 Å². The molecule has 1 aliphatic heterocycles. The minimum Gasteiger partial charge on any atom is -0.339 e. The zero-order chi connectivity index (χ0) is 13.1. The molecule has 0 spiro atoms. The lowest BCUT2D eigenvalue weighted by Crippen LogP contribution is -2.10. The van der Waals surface area contributed by atoms with Crippen LogP contribution in [0.15, 0.2) is 28.8 Å². The SMILES string of the molecule is CCc1ccc(-c2noc(CC3CCNC3)n2)cc1.Cl. The van der Waals surface area contributed by atoms with Crippen molar-refractivity contribution in [3.63, 3.8) is 0 Å². The van der Waals surface area contributed by atoms with Crippen molar-refractivity contribution in [3.05, 3.63) is 35.7 Å². The molecular formula is C15H20ClN3O. The van der Waals surface area contributed by atoms with Crippen LogP contribution >= 0.6 is 12.4 Å². The summed E-state index contributed by atoms with van der Waals surface area (Å²) in [6.45, 7) is 4.31. The third kappa shape index (κ3) is 3.38. The predicted molar refractivity (Wildman–Crippen MR) is 81.0 cm³/mol. The Morgan fingerprint density at radius 2 is 2.10 bits per heavy atom. The summed E-state index contributed by atoms with van der Waals surface area (Å²) in [6, 6.07) is 8.35. The van der Waals surface area contributed by atoms with Gasteiger partial charge in [-0.2, -0.15) is 4.98 Å². The number of nitrogens with zero attached hydrogens (tertiary/aromatic N) is 2. The minimum absolute atomic E-state index is 0. The monoisotopic (exact) mass is 293 g/mol. The molecule has 0 aliphatic carbocycles. The van der Waals surface area contributed by atoms with Gasteiger partial charge in [-0.1, -0.05) is 36.3 Å². The quantitative estimate of drug-likeness (QED) is 0.942. The van der Waals surface area contributed by atoms with Crippen LogP contribution in [0.4, 0.5) is 0 Å². The van der Waals surface area contributed by atoms with Gasteiger partial charge in [-0.3, -0.25) is 0 Å². The van der Waals surface area contributed by atoms with Gasteiger partial charge in [0.15, 0.2) is 0 Å². The molecule has 0 radical (unpaired) electrons. The lowest BCUT2D eigenvalue weighted by Gasteiger charge is -2.01. The zero-order valence-electron chi connectivity index (χ0n) is 11.6. The van der Waals surface area contributed by atoms with Crippen molar-refractivity contribution >= 4 is 12.4 Å². The molecule has 0 bridgehead atoms. The molecule has 0 amide bonds. The van der Waals surface area contributed by atoms with Gasteiger partial charge in [-0.15, -0.1) is 12.4 Å².